The van der Waals surface area contributed by atoms with Gasteiger partial charge < -0.3 is 9.30 Å². The van der Waals surface area contributed by atoms with Gasteiger partial charge in [0.05, 0.1) is 18.1 Å². The van der Waals surface area contributed by atoms with Gasteiger partial charge in [-0.05, 0) is 30.3 Å². The molecule has 0 saturated heterocycles. The molecular weight excluding hydrogens is 248 g/mol. The Morgan fingerprint density at radius 1 is 1.00 bits per heavy atom. The van der Waals surface area contributed by atoms with E-state index in [9.17, 15) is 0 Å². The molecule has 0 aliphatic carbocycles. The van der Waals surface area contributed by atoms with E-state index >= 15 is 0 Å². The topological polar surface area (TPSA) is 27.1 Å². The van der Waals surface area contributed by atoms with E-state index in [1.165, 1.54) is 16.3 Å². The van der Waals surface area contributed by atoms with E-state index in [4.69, 9.17) is 9.72 Å². The van der Waals surface area contributed by atoms with E-state index in [-0.39, 0.29) is 0 Å². The van der Waals surface area contributed by atoms with Crippen LogP contribution in [0.2, 0.25) is 0 Å². The second-order valence-corrected chi connectivity index (χ2v) is 4.99. The molecule has 2 heterocycles. The summed E-state index contributed by atoms with van der Waals surface area (Å²) in [5.74, 6) is 0.873. The second kappa shape index (κ2) is 3.97. The monoisotopic (exact) mass is 262 g/mol. The summed E-state index contributed by atoms with van der Waals surface area (Å²) in [5, 5.41) is 3.51. The smallest absolute Gasteiger partial charge is 0.141 e. The van der Waals surface area contributed by atoms with Crippen LogP contribution in [-0.4, -0.2) is 16.7 Å². The zero-order chi connectivity index (χ0) is 13.7. The van der Waals surface area contributed by atoms with E-state index in [1.54, 1.807) is 7.11 Å². The van der Waals surface area contributed by atoms with Crippen molar-refractivity contribution in [3.8, 4) is 5.75 Å². The first kappa shape index (κ1) is 11.3. The summed E-state index contributed by atoms with van der Waals surface area (Å²) in [6.07, 6.45) is 0. The van der Waals surface area contributed by atoms with Crippen LogP contribution in [-0.2, 0) is 7.05 Å². The highest BCUT2D eigenvalue weighted by Gasteiger charge is 2.11. The Morgan fingerprint density at radius 3 is 2.70 bits per heavy atom. The summed E-state index contributed by atoms with van der Waals surface area (Å²) < 4.78 is 7.47. The summed E-state index contributed by atoms with van der Waals surface area (Å²) in [7, 11) is 3.75. The van der Waals surface area contributed by atoms with Crippen LogP contribution in [0.3, 0.4) is 0 Å². The van der Waals surface area contributed by atoms with Crippen molar-refractivity contribution in [2.24, 2.45) is 7.05 Å². The molecule has 4 rings (SSSR count). The van der Waals surface area contributed by atoms with Crippen LogP contribution in [0.15, 0.2) is 48.5 Å². The molecule has 0 aliphatic heterocycles. The molecule has 0 amide bonds. The van der Waals surface area contributed by atoms with Gasteiger partial charge in [0.2, 0.25) is 0 Å². The largest absolute Gasteiger partial charge is 0.497 e. The van der Waals surface area contributed by atoms with Crippen molar-refractivity contribution < 1.29 is 4.74 Å². The van der Waals surface area contributed by atoms with Gasteiger partial charge in [-0.25, -0.2) is 4.98 Å². The molecule has 20 heavy (non-hydrogen) atoms. The number of aryl methyl sites for hydroxylation is 1. The maximum absolute atomic E-state index is 5.34. The maximum Gasteiger partial charge on any atom is 0.141 e. The Kier molecular flexibility index (Phi) is 2.24. The summed E-state index contributed by atoms with van der Waals surface area (Å²) in [5.41, 5.74) is 3.20. The Morgan fingerprint density at radius 2 is 1.85 bits per heavy atom. The first-order valence-corrected chi connectivity index (χ1v) is 6.60. The predicted octanol–water partition coefficient (Wildman–Crippen LogP) is 3.89. The fourth-order valence-corrected chi connectivity index (χ4v) is 2.82. The normalized spacial score (nSPS) is 11.5. The van der Waals surface area contributed by atoms with E-state index < -0.39 is 0 Å². The molecule has 2 aromatic carbocycles. The van der Waals surface area contributed by atoms with E-state index in [0.29, 0.717) is 0 Å². The highest BCUT2D eigenvalue weighted by molar-refractivity contribution is 6.10. The van der Waals surface area contributed by atoms with Gasteiger partial charge in [-0.15, -0.1) is 0 Å². The number of hydrogen-bond acceptors (Lipinski definition) is 2. The Hall–Kier alpha value is -2.55. The van der Waals surface area contributed by atoms with Crippen LogP contribution in [0.1, 0.15) is 0 Å². The van der Waals surface area contributed by atoms with Crippen LogP contribution in [0.5, 0.6) is 5.75 Å². The minimum atomic E-state index is 0.873. The molecule has 0 bridgehead atoms. The molecule has 0 atom stereocenters. The number of pyridine rings is 1. The van der Waals surface area contributed by atoms with Crippen LogP contribution >= 0.6 is 0 Å². The molecule has 0 radical (unpaired) electrons. The lowest BCUT2D eigenvalue weighted by Gasteiger charge is -2.00. The number of rotatable bonds is 1. The fourth-order valence-electron chi connectivity index (χ4n) is 2.82. The highest BCUT2D eigenvalue weighted by Crippen LogP contribution is 2.31. The van der Waals surface area contributed by atoms with Crippen LogP contribution in [0.25, 0.3) is 32.8 Å². The zero-order valence-corrected chi connectivity index (χ0v) is 11.4. The van der Waals surface area contributed by atoms with Gasteiger partial charge in [-0.1, -0.05) is 18.2 Å². The number of para-hydroxylation sites is 1. The van der Waals surface area contributed by atoms with Gasteiger partial charge in [0.1, 0.15) is 11.4 Å². The predicted molar refractivity (Wildman–Crippen MR) is 82.3 cm³/mol. The van der Waals surface area contributed by atoms with Gasteiger partial charge in [-0.2, -0.15) is 0 Å². The summed E-state index contributed by atoms with van der Waals surface area (Å²) >= 11 is 0. The molecule has 3 heteroatoms. The maximum atomic E-state index is 5.34. The number of hydrogen-bond donors (Lipinski definition) is 0. The second-order valence-electron chi connectivity index (χ2n) is 4.99. The summed E-state index contributed by atoms with van der Waals surface area (Å²) in [6.45, 7) is 0. The van der Waals surface area contributed by atoms with Crippen molar-refractivity contribution in [2.45, 2.75) is 0 Å². The first-order valence-electron chi connectivity index (χ1n) is 6.60. The Bertz CT molecular complexity index is 953. The molecule has 0 fully saturated rings. The molecular formula is C17H14N2O. The average Bonchev–Trinajstić information content (AvgIpc) is 2.77. The summed E-state index contributed by atoms with van der Waals surface area (Å²) in [6, 6.07) is 16.6. The molecule has 0 spiro atoms. The Labute approximate surface area is 116 Å². The number of methoxy groups -OCH3 is 1. The quantitative estimate of drug-likeness (QED) is 0.520. The standard InChI is InChI=1S/C17H14N2O/c1-19-16-8-7-12(20-2)10-13(16)14-9-11-5-3-4-6-15(11)18-17(14)19/h3-10H,1-2H3. The molecule has 3 nitrogen and oxygen atoms in total. The summed E-state index contributed by atoms with van der Waals surface area (Å²) in [4.78, 5) is 4.79. The van der Waals surface area contributed by atoms with Crippen molar-refractivity contribution in [3.05, 3.63) is 48.5 Å². The minimum Gasteiger partial charge on any atom is -0.497 e. The lowest BCUT2D eigenvalue weighted by molar-refractivity contribution is 0.415. The minimum absolute atomic E-state index is 0.873. The Balaban J connectivity index is 2.23. The van der Waals surface area contributed by atoms with Crippen molar-refractivity contribution in [3.63, 3.8) is 0 Å². The number of ether oxygens (including phenoxy) is 1. The number of nitrogens with zero attached hydrogens (tertiary/aromatic N) is 2. The molecule has 0 N–H and O–H groups in total. The van der Waals surface area contributed by atoms with Gasteiger partial charge in [0, 0.05) is 23.2 Å². The molecule has 4 aromatic rings. The van der Waals surface area contributed by atoms with E-state index in [1.807, 2.05) is 24.3 Å². The molecule has 98 valence electrons. The van der Waals surface area contributed by atoms with Gasteiger partial charge in [0.25, 0.3) is 0 Å². The van der Waals surface area contributed by atoms with Gasteiger partial charge >= 0.3 is 0 Å². The number of benzene rings is 2. The zero-order valence-electron chi connectivity index (χ0n) is 11.4. The van der Waals surface area contributed by atoms with Crippen molar-refractivity contribution in [2.75, 3.05) is 7.11 Å². The molecule has 2 aromatic heterocycles. The van der Waals surface area contributed by atoms with E-state index in [2.05, 4.69) is 35.9 Å². The molecule has 0 aliphatic rings. The third kappa shape index (κ3) is 1.43. The highest BCUT2D eigenvalue weighted by atomic mass is 16.5. The van der Waals surface area contributed by atoms with Crippen molar-refractivity contribution >= 4 is 32.8 Å². The lowest BCUT2D eigenvalue weighted by atomic mass is 10.1. The molecule has 0 saturated carbocycles. The third-order valence-corrected chi connectivity index (χ3v) is 3.88. The van der Waals surface area contributed by atoms with Crippen molar-refractivity contribution in [1.82, 2.24) is 9.55 Å². The van der Waals surface area contributed by atoms with Crippen LogP contribution in [0, 0.1) is 0 Å². The van der Waals surface area contributed by atoms with E-state index in [0.717, 1.165) is 22.3 Å². The SMILES string of the molecule is COc1ccc2c(c1)c1cc3ccccc3nc1n2C. The first-order chi connectivity index (χ1) is 9.78. The third-order valence-electron chi connectivity index (χ3n) is 3.88. The number of aromatic nitrogens is 2. The van der Waals surface area contributed by atoms with Crippen LogP contribution < -0.4 is 4.74 Å². The van der Waals surface area contributed by atoms with Gasteiger partial charge in [-0.3, -0.25) is 0 Å². The van der Waals surface area contributed by atoms with Crippen molar-refractivity contribution in [1.29, 1.82) is 0 Å². The number of fused-ring (bicyclic) bond motifs is 4. The fraction of sp³-hybridized carbons (Fsp3) is 0.118. The van der Waals surface area contributed by atoms with Crippen LogP contribution in [0.4, 0.5) is 0 Å². The average molecular weight is 262 g/mol. The van der Waals surface area contributed by atoms with Gasteiger partial charge in [0.15, 0.2) is 0 Å². The molecule has 0 unspecified atom stereocenters. The lowest BCUT2D eigenvalue weighted by Crippen LogP contribution is -1.90.